The zero-order valence-electron chi connectivity index (χ0n) is 15.0. The van der Waals surface area contributed by atoms with Crippen LogP contribution in [0.25, 0.3) is 0 Å². The number of ether oxygens (including phenoxy) is 1. The highest BCUT2D eigenvalue weighted by molar-refractivity contribution is 5.97. The van der Waals surface area contributed by atoms with Crippen LogP contribution in [0.1, 0.15) is 30.1 Å². The van der Waals surface area contributed by atoms with Crippen LogP contribution in [-0.4, -0.2) is 54.6 Å². The van der Waals surface area contributed by atoms with Crippen molar-refractivity contribution in [1.82, 2.24) is 4.90 Å². The van der Waals surface area contributed by atoms with Gasteiger partial charge in [-0.1, -0.05) is 6.92 Å². The maximum Gasteiger partial charge on any atom is 0.313 e. The highest BCUT2D eigenvalue weighted by Crippen LogP contribution is 2.38. The average molecular weight is 360 g/mol. The summed E-state index contributed by atoms with van der Waals surface area (Å²) in [5.41, 5.74) is 0.0898. The first-order chi connectivity index (χ1) is 12.4. The van der Waals surface area contributed by atoms with Gasteiger partial charge in [-0.05, 0) is 43.0 Å². The number of carbonyl (C=O) groups is 3. The Kier molecular flexibility index (Phi) is 5.00. The van der Waals surface area contributed by atoms with Crippen molar-refractivity contribution in [2.24, 2.45) is 17.3 Å². The van der Waals surface area contributed by atoms with Crippen molar-refractivity contribution in [3.05, 3.63) is 29.8 Å². The van der Waals surface area contributed by atoms with Crippen LogP contribution in [0.15, 0.2) is 24.3 Å². The van der Waals surface area contributed by atoms with E-state index in [9.17, 15) is 19.5 Å². The lowest BCUT2D eigenvalue weighted by atomic mass is 9.88. The van der Waals surface area contributed by atoms with E-state index in [2.05, 4.69) is 5.32 Å². The van der Waals surface area contributed by atoms with E-state index in [1.165, 1.54) is 7.11 Å². The van der Waals surface area contributed by atoms with Gasteiger partial charge in [-0.25, -0.2) is 0 Å². The van der Waals surface area contributed by atoms with Crippen LogP contribution in [0.5, 0.6) is 0 Å². The van der Waals surface area contributed by atoms with Gasteiger partial charge in [-0.3, -0.25) is 14.4 Å². The quantitative estimate of drug-likeness (QED) is 0.807. The topological polar surface area (TPSA) is 95.9 Å². The van der Waals surface area contributed by atoms with Crippen molar-refractivity contribution in [2.45, 2.75) is 19.8 Å². The molecule has 2 N–H and O–H groups in total. The fourth-order valence-electron chi connectivity index (χ4n) is 3.48. The number of carboxylic acid groups (broad SMARTS) is 1. The number of likely N-dealkylation sites (tertiary alicyclic amines) is 1. The molecule has 2 aliphatic rings. The van der Waals surface area contributed by atoms with E-state index in [1.54, 1.807) is 29.2 Å². The standard InChI is InChI=1S/C19H24N2O5/c1-12-9-15(12)16(22)20-14-5-3-13(4-6-14)17(23)21-8-7-19(10-21,11-26-2)18(24)25/h3-6,12,15H,7-11H2,1-2H3,(H,20,22)(H,24,25). The normalized spacial score (nSPS) is 27.2. The number of rotatable bonds is 6. The SMILES string of the molecule is COCC1(C(=O)O)CCN(C(=O)c2ccc(NC(=O)C3CC3C)cc2)C1. The van der Waals surface area contributed by atoms with E-state index < -0.39 is 11.4 Å². The third kappa shape index (κ3) is 3.58. The molecule has 3 unspecified atom stereocenters. The molecule has 0 radical (unpaired) electrons. The molecule has 7 heteroatoms. The number of nitrogens with zero attached hydrogens (tertiary/aromatic N) is 1. The van der Waals surface area contributed by atoms with Gasteiger partial charge < -0.3 is 20.1 Å². The largest absolute Gasteiger partial charge is 0.481 e. The summed E-state index contributed by atoms with van der Waals surface area (Å²) in [5.74, 6) is -0.611. The van der Waals surface area contributed by atoms with Crippen LogP contribution in [-0.2, 0) is 14.3 Å². The molecule has 0 spiro atoms. The van der Waals surface area contributed by atoms with Crippen LogP contribution in [0.4, 0.5) is 5.69 Å². The monoisotopic (exact) mass is 360 g/mol. The second-order valence-corrected chi connectivity index (χ2v) is 7.38. The van der Waals surface area contributed by atoms with Crippen molar-refractivity contribution in [1.29, 1.82) is 0 Å². The number of hydrogen-bond donors (Lipinski definition) is 2. The predicted octanol–water partition coefficient (Wildman–Crippen LogP) is 1.84. The summed E-state index contributed by atoms with van der Waals surface area (Å²) >= 11 is 0. The van der Waals surface area contributed by atoms with E-state index in [0.717, 1.165) is 6.42 Å². The van der Waals surface area contributed by atoms with Gasteiger partial charge in [-0.2, -0.15) is 0 Å². The molecule has 1 aromatic carbocycles. The molecule has 26 heavy (non-hydrogen) atoms. The maximum absolute atomic E-state index is 12.7. The first kappa shape index (κ1) is 18.4. The van der Waals surface area contributed by atoms with E-state index >= 15 is 0 Å². The Bertz CT molecular complexity index is 717. The molecule has 140 valence electrons. The fraction of sp³-hybridized carbons (Fsp3) is 0.526. The van der Waals surface area contributed by atoms with Gasteiger partial charge in [0.25, 0.3) is 5.91 Å². The number of aliphatic carboxylic acids is 1. The summed E-state index contributed by atoms with van der Waals surface area (Å²) in [7, 11) is 1.46. The minimum atomic E-state index is -1.04. The van der Waals surface area contributed by atoms with Crippen LogP contribution >= 0.6 is 0 Å². The maximum atomic E-state index is 12.7. The molecule has 2 fully saturated rings. The number of carboxylic acids is 1. The molecule has 0 bridgehead atoms. The second kappa shape index (κ2) is 7.07. The molecular formula is C19H24N2O5. The lowest BCUT2D eigenvalue weighted by Gasteiger charge is -2.23. The lowest BCUT2D eigenvalue weighted by molar-refractivity contribution is -0.151. The van der Waals surface area contributed by atoms with Gasteiger partial charge in [0.15, 0.2) is 0 Å². The number of anilines is 1. The van der Waals surface area contributed by atoms with E-state index in [-0.39, 0.29) is 30.9 Å². The van der Waals surface area contributed by atoms with Crippen LogP contribution in [0.3, 0.4) is 0 Å². The average Bonchev–Trinajstić information content (AvgIpc) is 3.19. The molecule has 1 aliphatic heterocycles. The molecule has 1 saturated heterocycles. The third-order valence-corrected chi connectivity index (χ3v) is 5.36. The van der Waals surface area contributed by atoms with Gasteiger partial charge in [0, 0.05) is 37.4 Å². The number of amides is 2. The number of methoxy groups -OCH3 is 1. The van der Waals surface area contributed by atoms with Gasteiger partial charge in [0.1, 0.15) is 5.41 Å². The fourth-order valence-corrected chi connectivity index (χ4v) is 3.48. The number of benzene rings is 1. The zero-order chi connectivity index (χ0) is 18.9. The number of hydrogen-bond acceptors (Lipinski definition) is 4. The summed E-state index contributed by atoms with van der Waals surface area (Å²) < 4.78 is 5.05. The first-order valence-corrected chi connectivity index (χ1v) is 8.79. The molecule has 3 atom stereocenters. The van der Waals surface area contributed by atoms with Crippen molar-refractivity contribution in [3.8, 4) is 0 Å². The van der Waals surface area contributed by atoms with Crippen molar-refractivity contribution in [3.63, 3.8) is 0 Å². The van der Waals surface area contributed by atoms with Gasteiger partial charge in [-0.15, -0.1) is 0 Å². The smallest absolute Gasteiger partial charge is 0.313 e. The van der Waals surface area contributed by atoms with Crippen LogP contribution < -0.4 is 5.32 Å². The Hall–Kier alpha value is -2.41. The minimum absolute atomic E-state index is 0.0157. The van der Waals surface area contributed by atoms with E-state index in [0.29, 0.717) is 30.1 Å². The van der Waals surface area contributed by atoms with Gasteiger partial charge in [0.05, 0.1) is 6.61 Å². The van der Waals surface area contributed by atoms with Gasteiger partial charge >= 0.3 is 5.97 Å². The molecule has 2 amide bonds. The molecule has 1 aliphatic carbocycles. The minimum Gasteiger partial charge on any atom is -0.481 e. The van der Waals surface area contributed by atoms with E-state index in [1.807, 2.05) is 6.92 Å². The van der Waals surface area contributed by atoms with Crippen molar-refractivity contribution < 1.29 is 24.2 Å². The summed E-state index contributed by atoms with van der Waals surface area (Å²) in [5, 5.41) is 12.4. The Balaban J connectivity index is 1.63. The molecular weight excluding hydrogens is 336 g/mol. The Morgan fingerprint density at radius 3 is 2.50 bits per heavy atom. The van der Waals surface area contributed by atoms with Crippen LogP contribution in [0.2, 0.25) is 0 Å². The van der Waals surface area contributed by atoms with Gasteiger partial charge in [0.2, 0.25) is 5.91 Å². The lowest BCUT2D eigenvalue weighted by Crippen LogP contribution is -2.40. The summed E-state index contributed by atoms with van der Waals surface area (Å²) in [4.78, 5) is 37.8. The first-order valence-electron chi connectivity index (χ1n) is 8.79. The van der Waals surface area contributed by atoms with Crippen molar-refractivity contribution >= 4 is 23.5 Å². The number of carbonyl (C=O) groups excluding carboxylic acids is 2. The zero-order valence-corrected chi connectivity index (χ0v) is 15.0. The third-order valence-electron chi connectivity index (χ3n) is 5.36. The Labute approximate surface area is 152 Å². The summed E-state index contributed by atoms with van der Waals surface area (Å²) in [6.07, 6.45) is 1.29. The highest BCUT2D eigenvalue weighted by atomic mass is 16.5. The molecule has 1 aromatic rings. The molecule has 3 rings (SSSR count). The molecule has 1 heterocycles. The summed E-state index contributed by atoms with van der Waals surface area (Å²) in [6.45, 7) is 2.64. The van der Waals surface area contributed by atoms with E-state index in [4.69, 9.17) is 4.74 Å². The van der Waals surface area contributed by atoms with Crippen LogP contribution in [0, 0.1) is 17.3 Å². The Morgan fingerprint density at radius 2 is 1.96 bits per heavy atom. The molecule has 7 nitrogen and oxygen atoms in total. The Morgan fingerprint density at radius 1 is 1.31 bits per heavy atom. The molecule has 1 saturated carbocycles. The number of nitrogens with one attached hydrogen (secondary N) is 1. The summed E-state index contributed by atoms with van der Waals surface area (Å²) in [6, 6.07) is 6.72. The highest BCUT2D eigenvalue weighted by Gasteiger charge is 2.46. The molecule has 0 aromatic heterocycles. The second-order valence-electron chi connectivity index (χ2n) is 7.38. The predicted molar refractivity (Wildman–Crippen MR) is 94.8 cm³/mol. The van der Waals surface area contributed by atoms with Crippen molar-refractivity contribution in [2.75, 3.05) is 32.1 Å².